The molecule has 0 atom stereocenters. The number of hydrogen-bond acceptors (Lipinski definition) is 3. The van der Waals surface area contributed by atoms with Crippen molar-refractivity contribution in [2.75, 3.05) is 0 Å². The van der Waals surface area contributed by atoms with Crippen molar-refractivity contribution in [2.45, 2.75) is 0 Å². The zero-order chi connectivity index (χ0) is 75.2. The smallest absolute Gasteiger partial charge is 0.263 e. The summed E-state index contributed by atoms with van der Waals surface area (Å²) in [7, 11) is 0. The molecule has 113 heavy (non-hydrogen) atoms. The Labute approximate surface area is 648 Å². The molecule has 0 fully saturated rings. The molecule has 0 N–H and O–H groups in total. The lowest BCUT2D eigenvalue weighted by molar-refractivity contribution is 1.06. The van der Waals surface area contributed by atoms with Gasteiger partial charge in [0.15, 0.2) is 0 Å². The zero-order valence-corrected chi connectivity index (χ0v) is 61.2. The lowest BCUT2D eigenvalue weighted by Crippen LogP contribution is -2.19. The van der Waals surface area contributed by atoms with E-state index >= 15 is 0 Å². The second-order valence-corrected chi connectivity index (χ2v) is 29.2. The van der Waals surface area contributed by atoms with Crippen molar-refractivity contribution in [3.05, 3.63) is 438 Å². The van der Waals surface area contributed by atoms with E-state index in [1.165, 1.54) is 86.2 Å². The van der Waals surface area contributed by atoms with Crippen LogP contribution in [0.1, 0.15) is 0 Å². The maximum absolute atomic E-state index is 13.6. The summed E-state index contributed by atoms with van der Waals surface area (Å²) in [6.45, 7) is 0. The van der Waals surface area contributed by atoms with Crippen LogP contribution in [0.25, 0.3) is 202 Å². The summed E-state index contributed by atoms with van der Waals surface area (Å²) >= 11 is 0. The fraction of sp³-hybridized carbons (Fsp3) is 0. The number of benzene rings is 20. The van der Waals surface area contributed by atoms with E-state index in [0.29, 0.717) is 0 Å². The van der Waals surface area contributed by atoms with Gasteiger partial charge in [0.05, 0.1) is 16.6 Å². The molecule has 0 aliphatic rings. The van der Waals surface area contributed by atoms with Crippen molar-refractivity contribution in [3.8, 4) is 50.4 Å². The molecule has 0 saturated heterocycles. The van der Waals surface area contributed by atoms with Gasteiger partial charge in [-0.3, -0.25) is 28.1 Å². The molecule has 0 spiro atoms. The minimum atomic E-state index is 0.00102. The Morgan fingerprint density at radius 1 is 0.133 bits per heavy atom. The Morgan fingerprint density at radius 3 is 0.770 bits per heavy atom. The Bertz CT molecular complexity index is 7990. The molecule has 0 unspecified atom stereocenters. The van der Waals surface area contributed by atoms with Gasteiger partial charge in [0.25, 0.3) is 16.7 Å². The van der Waals surface area contributed by atoms with Crippen LogP contribution in [-0.2, 0) is 0 Å². The largest absolute Gasteiger partial charge is 0.276 e. The van der Waals surface area contributed by atoms with Crippen LogP contribution in [-0.4, -0.2) is 13.7 Å². The van der Waals surface area contributed by atoms with Crippen molar-refractivity contribution in [3.63, 3.8) is 0 Å². The summed E-state index contributed by atoms with van der Waals surface area (Å²) < 4.78 is 5.50. The average molecular weight is 1440 g/mol. The number of fused-ring (bicyclic) bond motifs is 24. The highest BCUT2D eigenvalue weighted by Crippen LogP contribution is 2.42. The van der Waals surface area contributed by atoms with E-state index in [4.69, 9.17) is 0 Å². The third-order valence-electron chi connectivity index (χ3n) is 23.0. The number of rotatable bonds is 6. The molecule has 20 aromatic carbocycles. The zero-order valence-electron chi connectivity index (χ0n) is 61.2. The Morgan fingerprint density at radius 2 is 0.363 bits per heavy atom. The number of aromatic nitrogens is 3. The molecule has 0 amide bonds. The van der Waals surface area contributed by atoms with Gasteiger partial charge >= 0.3 is 0 Å². The summed E-state index contributed by atoms with van der Waals surface area (Å²) in [6, 6.07) is 141. The standard InChI is InChI=1S/2C37H23NO.C33H21NO/c39-37-34-15-6-5-13-31(34)33-14-7-8-16-36(33)38(37)26-20-17-24(18-21-26)25-19-22-32-29-11-2-1-9-27(29)28-10-3-4-12-30(28)35(32)23-25;39-37-33-17-9-8-16-31(33)35-23-25(19-21-36(35)38(37)26-10-2-1-3-11-26)24-18-20-32-29-14-5-4-12-27(29)28-13-6-7-15-30(28)34(32)22-24;35-33-29-13-7-6-12-28(29)31-21-25(18-19-32(31)34(33)26-9-2-1-3-10-26)24-17-16-23-15-14-22-8-4-5-11-27(22)30(23)20-24/h2*1-23H;1-21H. The third kappa shape index (κ3) is 11.1. The molecule has 23 rings (SSSR count). The molecule has 0 bridgehead atoms. The molecule has 23 aromatic rings. The predicted octanol–water partition coefficient (Wildman–Crippen LogP) is 26.7. The van der Waals surface area contributed by atoms with Crippen molar-refractivity contribution in [2.24, 2.45) is 0 Å². The summed E-state index contributed by atoms with van der Waals surface area (Å²) in [4.78, 5) is 40.8. The molecule has 3 heterocycles. The van der Waals surface area contributed by atoms with Crippen LogP contribution in [0.4, 0.5) is 0 Å². The van der Waals surface area contributed by atoms with E-state index < -0.39 is 0 Å². The van der Waals surface area contributed by atoms with Gasteiger partial charge in [-0.2, -0.15) is 0 Å². The van der Waals surface area contributed by atoms with Crippen LogP contribution in [0.2, 0.25) is 0 Å². The molecule has 3 aromatic heterocycles. The predicted molar refractivity (Wildman–Crippen MR) is 478 cm³/mol. The monoisotopic (exact) mass is 1440 g/mol. The van der Waals surface area contributed by atoms with E-state index in [9.17, 15) is 14.4 Å². The number of hydrogen-bond donors (Lipinski definition) is 0. The van der Waals surface area contributed by atoms with E-state index in [2.05, 4.69) is 261 Å². The first-order valence-electron chi connectivity index (χ1n) is 38.3. The molecule has 0 aliphatic heterocycles. The van der Waals surface area contributed by atoms with Crippen LogP contribution in [0, 0.1) is 0 Å². The van der Waals surface area contributed by atoms with Gasteiger partial charge in [0.1, 0.15) is 0 Å². The SMILES string of the molecule is O=c1c2ccccc2c2cc(-c3ccc4c5ccccc5c5ccccc5c4c3)ccc2n1-c1ccccc1.O=c1c2ccccc2c2cc(-c3ccc4ccc5ccccc5c4c3)ccc2n1-c1ccccc1.O=c1c2ccccc2c2ccccc2n1-c1ccc(-c2ccc3c4ccccc4c4ccccc4c3c2)cc1. The first-order chi connectivity index (χ1) is 55.8. The molecule has 0 aliphatic carbocycles. The van der Waals surface area contributed by atoms with Gasteiger partial charge in [-0.15, -0.1) is 0 Å². The fourth-order valence-corrected chi connectivity index (χ4v) is 17.6. The Balaban J connectivity index is 0.000000107. The van der Waals surface area contributed by atoms with Crippen LogP contribution in [0.3, 0.4) is 0 Å². The second-order valence-electron chi connectivity index (χ2n) is 29.2. The van der Waals surface area contributed by atoms with E-state index in [1.54, 1.807) is 0 Å². The van der Waals surface area contributed by atoms with Crippen LogP contribution >= 0.6 is 0 Å². The summed E-state index contributed by atoms with van der Waals surface area (Å²) in [5.74, 6) is 0. The third-order valence-corrected chi connectivity index (χ3v) is 23.0. The highest BCUT2D eigenvalue weighted by Gasteiger charge is 2.19. The average Bonchev–Trinajstić information content (AvgIpc) is 0.754. The van der Waals surface area contributed by atoms with Crippen molar-refractivity contribution in [1.82, 2.24) is 13.7 Å². The first-order valence-corrected chi connectivity index (χ1v) is 38.3. The molecular formula is C107H67N3O3. The lowest BCUT2D eigenvalue weighted by atomic mass is 9.91. The Hall–Kier alpha value is -15.1. The van der Waals surface area contributed by atoms with Crippen LogP contribution < -0.4 is 16.7 Å². The quantitative estimate of drug-likeness (QED) is 0.156. The van der Waals surface area contributed by atoms with E-state index in [0.717, 1.165) is 115 Å². The van der Waals surface area contributed by atoms with E-state index in [1.807, 2.05) is 159 Å². The topological polar surface area (TPSA) is 66.0 Å². The minimum absolute atomic E-state index is 0.00102. The summed E-state index contributed by atoms with van der Waals surface area (Å²) in [6.07, 6.45) is 0. The molecular weight excluding hydrogens is 1380 g/mol. The van der Waals surface area contributed by atoms with Gasteiger partial charge < -0.3 is 0 Å². The van der Waals surface area contributed by atoms with Gasteiger partial charge in [0.2, 0.25) is 0 Å². The van der Waals surface area contributed by atoms with Crippen LogP contribution in [0.5, 0.6) is 0 Å². The molecule has 6 heteroatoms. The number of pyridine rings is 3. The molecule has 0 radical (unpaired) electrons. The second kappa shape index (κ2) is 27.2. The normalized spacial score (nSPS) is 11.6. The molecule has 0 saturated carbocycles. The summed E-state index contributed by atoms with van der Waals surface area (Å²) in [5, 5.41) is 28.5. The maximum atomic E-state index is 13.6. The van der Waals surface area contributed by atoms with Gasteiger partial charge in [-0.05, 0) is 239 Å². The maximum Gasteiger partial charge on any atom is 0.263 e. The van der Waals surface area contributed by atoms with Crippen molar-refractivity contribution >= 4 is 151 Å². The van der Waals surface area contributed by atoms with Crippen LogP contribution in [0.15, 0.2) is 421 Å². The van der Waals surface area contributed by atoms with Crippen molar-refractivity contribution < 1.29 is 0 Å². The molecule has 6 nitrogen and oxygen atoms in total. The van der Waals surface area contributed by atoms with E-state index in [-0.39, 0.29) is 16.7 Å². The van der Waals surface area contributed by atoms with Gasteiger partial charge in [-0.1, -0.05) is 303 Å². The minimum Gasteiger partial charge on any atom is -0.276 e. The lowest BCUT2D eigenvalue weighted by Gasteiger charge is -2.15. The Kier molecular flexibility index (Phi) is 15.9. The number of para-hydroxylation sites is 3. The van der Waals surface area contributed by atoms with Gasteiger partial charge in [-0.25, -0.2) is 0 Å². The highest BCUT2D eigenvalue weighted by molar-refractivity contribution is 6.27. The van der Waals surface area contributed by atoms with Gasteiger partial charge in [0, 0.05) is 49.4 Å². The van der Waals surface area contributed by atoms with Crippen molar-refractivity contribution in [1.29, 1.82) is 0 Å². The first kappa shape index (κ1) is 66.1. The number of nitrogens with zero attached hydrogens (tertiary/aromatic N) is 3. The highest BCUT2D eigenvalue weighted by atomic mass is 16.1. The fourth-order valence-electron chi connectivity index (χ4n) is 17.6. The molecule has 528 valence electrons. The summed E-state index contributed by atoms with van der Waals surface area (Å²) in [5.41, 5.74) is 12.2.